The molecule has 0 aliphatic rings. The van der Waals surface area contributed by atoms with Gasteiger partial charge in [0.2, 0.25) is 17.6 Å². The van der Waals surface area contributed by atoms with Crippen molar-refractivity contribution in [3.05, 3.63) is 77.3 Å². The normalized spacial score (nSPS) is 10.7. The number of aryl methyl sites for hydroxylation is 1. The van der Waals surface area contributed by atoms with E-state index in [1.807, 2.05) is 59.3 Å². The van der Waals surface area contributed by atoms with Gasteiger partial charge in [0.15, 0.2) is 0 Å². The second kappa shape index (κ2) is 7.97. The second-order valence-electron chi connectivity index (χ2n) is 6.02. The Morgan fingerprint density at radius 2 is 1.74 bits per heavy atom. The Balaban J connectivity index is 1.32. The van der Waals surface area contributed by atoms with E-state index < -0.39 is 0 Å². The molecule has 0 saturated carbocycles. The van der Waals surface area contributed by atoms with Crippen molar-refractivity contribution in [2.24, 2.45) is 0 Å². The first kappa shape index (κ1) is 17.2. The lowest BCUT2D eigenvalue weighted by Gasteiger charge is -2.06. The number of thiophene rings is 1. The van der Waals surface area contributed by atoms with Gasteiger partial charge in [0.1, 0.15) is 0 Å². The minimum atomic E-state index is -0.0854. The van der Waals surface area contributed by atoms with E-state index in [1.165, 1.54) is 0 Å². The van der Waals surface area contributed by atoms with Gasteiger partial charge in [0, 0.05) is 29.5 Å². The summed E-state index contributed by atoms with van der Waals surface area (Å²) in [6.45, 7) is 0. The molecule has 0 atom stereocenters. The molecule has 1 amide bonds. The Kier molecular flexibility index (Phi) is 5.07. The second-order valence-corrected chi connectivity index (χ2v) is 6.80. The first-order valence-electron chi connectivity index (χ1n) is 8.58. The highest BCUT2D eigenvalue weighted by molar-refractivity contribution is 7.08. The van der Waals surface area contributed by atoms with Crippen molar-refractivity contribution in [2.45, 2.75) is 12.8 Å². The maximum Gasteiger partial charge on any atom is 0.227 e. The smallest absolute Gasteiger partial charge is 0.227 e. The largest absolute Gasteiger partial charge is 0.339 e. The number of hydrogen-bond acceptors (Lipinski definition) is 5. The van der Waals surface area contributed by atoms with Crippen molar-refractivity contribution in [3.63, 3.8) is 0 Å². The van der Waals surface area contributed by atoms with E-state index in [9.17, 15) is 4.79 Å². The van der Waals surface area contributed by atoms with Gasteiger partial charge in [-0.2, -0.15) is 16.3 Å². The quantitative estimate of drug-likeness (QED) is 0.513. The van der Waals surface area contributed by atoms with Crippen LogP contribution < -0.4 is 5.32 Å². The molecule has 2 aromatic carbocycles. The monoisotopic (exact) mass is 375 g/mol. The Hall–Kier alpha value is -3.25. The molecule has 134 valence electrons. The topological polar surface area (TPSA) is 68.0 Å². The molecular weight excluding hydrogens is 358 g/mol. The van der Waals surface area contributed by atoms with Gasteiger partial charge in [-0.3, -0.25) is 4.79 Å². The van der Waals surface area contributed by atoms with Gasteiger partial charge in [-0.05, 0) is 34.7 Å². The highest BCUT2D eigenvalue weighted by Crippen LogP contribution is 2.21. The van der Waals surface area contributed by atoms with Crippen LogP contribution in [0.3, 0.4) is 0 Å². The number of carbonyl (C=O) groups is 1. The van der Waals surface area contributed by atoms with Gasteiger partial charge >= 0.3 is 0 Å². The minimum Gasteiger partial charge on any atom is -0.339 e. The molecule has 0 aliphatic heterocycles. The van der Waals surface area contributed by atoms with Crippen LogP contribution in [0.5, 0.6) is 0 Å². The van der Waals surface area contributed by atoms with E-state index in [0.717, 1.165) is 22.4 Å². The van der Waals surface area contributed by atoms with Crippen LogP contribution in [0.15, 0.2) is 75.9 Å². The number of nitrogens with one attached hydrogen (secondary N) is 1. The summed E-state index contributed by atoms with van der Waals surface area (Å²) < 4.78 is 5.22. The number of anilines is 1. The molecular formula is C21H17N3O2S. The number of carbonyl (C=O) groups excluding carboxylic acids is 1. The van der Waals surface area contributed by atoms with Gasteiger partial charge in [0.25, 0.3) is 0 Å². The maximum atomic E-state index is 12.2. The average molecular weight is 375 g/mol. The number of rotatable bonds is 6. The number of amides is 1. The summed E-state index contributed by atoms with van der Waals surface area (Å²) in [5.41, 5.74) is 3.95. The lowest BCUT2D eigenvalue weighted by atomic mass is 10.1. The molecule has 0 saturated heterocycles. The number of hydrogen-bond donors (Lipinski definition) is 1. The number of aromatic nitrogens is 2. The predicted molar refractivity (Wildman–Crippen MR) is 106 cm³/mol. The van der Waals surface area contributed by atoms with Gasteiger partial charge in [-0.25, -0.2) is 0 Å². The molecule has 0 unspecified atom stereocenters. The maximum absolute atomic E-state index is 12.2. The minimum absolute atomic E-state index is 0.0854. The van der Waals surface area contributed by atoms with Crippen molar-refractivity contribution in [3.8, 4) is 22.5 Å². The zero-order valence-electron chi connectivity index (χ0n) is 14.5. The fourth-order valence-corrected chi connectivity index (χ4v) is 3.32. The molecule has 0 radical (unpaired) electrons. The third-order valence-corrected chi connectivity index (χ3v) is 4.77. The van der Waals surface area contributed by atoms with Crippen LogP contribution in [0, 0.1) is 0 Å². The van der Waals surface area contributed by atoms with Crippen molar-refractivity contribution in [2.75, 3.05) is 5.32 Å². The summed E-state index contributed by atoms with van der Waals surface area (Å²) >= 11 is 1.58. The van der Waals surface area contributed by atoms with Gasteiger partial charge < -0.3 is 9.84 Å². The van der Waals surface area contributed by atoms with Crippen LogP contribution in [-0.4, -0.2) is 16.0 Å². The molecule has 6 heteroatoms. The van der Waals surface area contributed by atoms with Gasteiger partial charge in [-0.1, -0.05) is 47.6 Å². The standard InChI is InChI=1S/C21H17N3O2S/c25-19(10-11-20-23-21(24-26-20)17-12-13-27-14-17)22-18-8-6-16(7-9-18)15-4-2-1-3-5-15/h1-9,12-14H,10-11H2,(H,22,25). The van der Waals surface area contributed by atoms with E-state index in [2.05, 4.69) is 27.6 Å². The van der Waals surface area contributed by atoms with Crippen LogP contribution >= 0.6 is 11.3 Å². The van der Waals surface area contributed by atoms with Gasteiger partial charge in [0.05, 0.1) is 0 Å². The molecule has 4 rings (SSSR count). The fraction of sp³-hybridized carbons (Fsp3) is 0.0952. The summed E-state index contributed by atoms with van der Waals surface area (Å²) in [7, 11) is 0. The number of benzene rings is 2. The number of nitrogens with zero attached hydrogens (tertiary/aromatic N) is 2. The summed E-state index contributed by atoms with van der Waals surface area (Å²) in [5.74, 6) is 0.937. The zero-order chi connectivity index (χ0) is 18.5. The van der Waals surface area contributed by atoms with Crippen molar-refractivity contribution in [1.82, 2.24) is 10.1 Å². The Morgan fingerprint density at radius 3 is 2.48 bits per heavy atom. The first-order valence-corrected chi connectivity index (χ1v) is 9.53. The molecule has 0 bridgehead atoms. The predicted octanol–water partition coefficient (Wildman–Crippen LogP) is 5.04. The molecule has 2 aromatic heterocycles. The Bertz CT molecular complexity index is 1010. The van der Waals surface area contributed by atoms with E-state index >= 15 is 0 Å². The van der Waals surface area contributed by atoms with Gasteiger partial charge in [-0.15, -0.1) is 0 Å². The molecule has 5 nitrogen and oxygen atoms in total. The van der Waals surface area contributed by atoms with Crippen LogP contribution in [0.25, 0.3) is 22.5 Å². The summed E-state index contributed by atoms with van der Waals surface area (Å²) in [4.78, 5) is 16.5. The summed E-state index contributed by atoms with van der Waals surface area (Å²) in [5, 5.41) is 10.8. The highest BCUT2D eigenvalue weighted by Gasteiger charge is 2.11. The van der Waals surface area contributed by atoms with Crippen LogP contribution in [0.4, 0.5) is 5.69 Å². The zero-order valence-corrected chi connectivity index (χ0v) is 15.3. The molecule has 0 aliphatic carbocycles. The lowest BCUT2D eigenvalue weighted by Crippen LogP contribution is -2.12. The molecule has 27 heavy (non-hydrogen) atoms. The fourth-order valence-electron chi connectivity index (χ4n) is 2.69. The lowest BCUT2D eigenvalue weighted by molar-refractivity contribution is -0.116. The van der Waals surface area contributed by atoms with E-state index in [1.54, 1.807) is 11.3 Å². The summed E-state index contributed by atoms with van der Waals surface area (Å²) in [6.07, 6.45) is 0.691. The van der Waals surface area contributed by atoms with E-state index in [4.69, 9.17) is 4.52 Å². The third-order valence-electron chi connectivity index (χ3n) is 4.09. The molecule has 0 fully saturated rings. The molecule has 0 spiro atoms. The Labute approximate surface area is 160 Å². The molecule has 4 aromatic rings. The van der Waals surface area contributed by atoms with Crippen LogP contribution in [-0.2, 0) is 11.2 Å². The molecule has 1 N–H and O–H groups in total. The van der Waals surface area contributed by atoms with E-state index in [0.29, 0.717) is 18.1 Å². The first-order chi connectivity index (χ1) is 13.3. The van der Waals surface area contributed by atoms with Crippen molar-refractivity contribution < 1.29 is 9.32 Å². The highest BCUT2D eigenvalue weighted by atomic mass is 32.1. The van der Waals surface area contributed by atoms with Crippen molar-refractivity contribution in [1.29, 1.82) is 0 Å². The third kappa shape index (κ3) is 4.30. The average Bonchev–Trinajstić information content (AvgIpc) is 3.39. The molecule has 2 heterocycles. The summed E-state index contributed by atoms with van der Waals surface area (Å²) in [6, 6.07) is 19.9. The SMILES string of the molecule is O=C(CCc1nc(-c2ccsc2)no1)Nc1ccc(-c2ccccc2)cc1. The van der Waals surface area contributed by atoms with E-state index in [-0.39, 0.29) is 12.3 Å². The van der Waals surface area contributed by atoms with Crippen LogP contribution in [0.2, 0.25) is 0 Å². The Morgan fingerprint density at radius 1 is 0.963 bits per heavy atom. The van der Waals surface area contributed by atoms with Crippen LogP contribution in [0.1, 0.15) is 12.3 Å². The van der Waals surface area contributed by atoms with Crippen molar-refractivity contribution >= 4 is 22.9 Å².